The Balaban J connectivity index is 1.73. The maximum absolute atomic E-state index is 11.8. The van der Waals surface area contributed by atoms with Gasteiger partial charge in [-0.25, -0.2) is 5.43 Å². The van der Waals surface area contributed by atoms with Crippen LogP contribution in [0.4, 0.5) is 0 Å². The Bertz CT molecular complexity index is 747. The molecule has 0 saturated carbocycles. The third-order valence-corrected chi connectivity index (χ3v) is 3.71. The van der Waals surface area contributed by atoms with Crippen molar-refractivity contribution in [1.29, 1.82) is 0 Å². The lowest BCUT2D eigenvalue weighted by molar-refractivity contribution is 0.0959. The van der Waals surface area contributed by atoms with Crippen LogP contribution in [0.2, 0.25) is 0 Å². The summed E-state index contributed by atoms with van der Waals surface area (Å²) < 4.78 is 0. The number of amides is 1. The van der Waals surface area contributed by atoms with E-state index in [1.54, 1.807) is 18.5 Å². The summed E-state index contributed by atoms with van der Waals surface area (Å²) in [5, 5.41) is 12.8. The van der Waals surface area contributed by atoms with E-state index < -0.39 is 0 Å². The lowest BCUT2D eigenvalue weighted by Crippen LogP contribution is -2.16. The summed E-state index contributed by atoms with van der Waals surface area (Å²) >= 11 is 1.37. The Labute approximate surface area is 125 Å². The number of nitrogens with zero attached hydrogens (tertiary/aromatic N) is 2. The number of aromatic amines is 1. The van der Waals surface area contributed by atoms with Crippen LogP contribution in [0.15, 0.2) is 59.1 Å². The molecule has 0 bridgehead atoms. The molecular weight excluding hydrogens is 284 g/mol. The summed E-state index contributed by atoms with van der Waals surface area (Å²) in [5.41, 5.74) is 5.19. The van der Waals surface area contributed by atoms with Gasteiger partial charge in [-0.3, -0.25) is 9.89 Å². The SMILES string of the molecule is O=C(NN=Cc1cn[nH]c1-c1ccccc1)c1cccs1. The molecule has 0 aliphatic rings. The summed E-state index contributed by atoms with van der Waals surface area (Å²) in [5.74, 6) is -0.217. The highest BCUT2D eigenvalue weighted by atomic mass is 32.1. The van der Waals surface area contributed by atoms with Crippen LogP contribution in [0.1, 0.15) is 15.2 Å². The largest absolute Gasteiger partial charge is 0.281 e. The number of hydrogen-bond acceptors (Lipinski definition) is 4. The number of aromatic nitrogens is 2. The highest BCUT2D eigenvalue weighted by Gasteiger charge is 2.06. The molecule has 3 aromatic rings. The van der Waals surface area contributed by atoms with Gasteiger partial charge in [-0.05, 0) is 11.4 Å². The first kappa shape index (κ1) is 13.3. The Kier molecular flexibility index (Phi) is 3.88. The summed E-state index contributed by atoms with van der Waals surface area (Å²) in [6, 6.07) is 13.4. The molecule has 0 saturated heterocycles. The van der Waals surface area contributed by atoms with Gasteiger partial charge < -0.3 is 0 Å². The van der Waals surface area contributed by atoms with Crippen molar-refractivity contribution in [3.05, 3.63) is 64.5 Å². The van der Waals surface area contributed by atoms with Crippen molar-refractivity contribution in [2.24, 2.45) is 5.10 Å². The van der Waals surface area contributed by atoms with Crippen molar-refractivity contribution >= 4 is 23.5 Å². The molecule has 3 rings (SSSR count). The molecule has 0 unspecified atom stereocenters. The minimum Gasteiger partial charge on any atom is -0.277 e. The third-order valence-electron chi connectivity index (χ3n) is 2.85. The van der Waals surface area contributed by atoms with Crippen LogP contribution < -0.4 is 5.43 Å². The molecule has 21 heavy (non-hydrogen) atoms. The highest BCUT2D eigenvalue weighted by molar-refractivity contribution is 7.12. The molecule has 0 atom stereocenters. The van der Waals surface area contributed by atoms with E-state index in [0.29, 0.717) is 4.88 Å². The number of carbonyl (C=O) groups excluding carboxylic acids is 1. The number of hydrogen-bond donors (Lipinski definition) is 2. The average Bonchev–Trinajstić information content (AvgIpc) is 3.20. The number of nitrogens with one attached hydrogen (secondary N) is 2. The first-order chi connectivity index (χ1) is 10.3. The lowest BCUT2D eigenvalue weighted by Gasteiger charge is -1.99. The molecule has 2 N–H and O–H groups in total. The molecule has 0 aliphatic heterocycles. The second-order valence-corrected chi connectivity index (χ2v) is 5.19. The van der Waals surface area contributed by atoms with Gasteiger partial charge in [0.15, 0.2) is 0 Å². The zero-order valence-electron chi connectivity index (χ0n) is 11.0. The number of rotatable bonds is 4. The predicted molar refractivity (Wildman–Crippen MR) is 83.4 cm³/mol. The van der Waals surface area contributed by atoms with E-state index in [0.717, 1.165) is 16.8 Å². The zero-order chi connectivity index (χ0) is 14.5. The van der Waals surface area contributed by atoms with Crippen molar-refractivity contribution in [2.45, 2.75) is 0 Å². The molecule has 2 heterocycles. The van der Waals surface area contributed by atoms with Crippen LogP contribution in [-0.4, -0.2) is 22.3 Å². The van der Waals surface area contributed by atoms with Crippen molar-refractivity contribution in [3.63, 3.8) is 0 Å². The summed E-state index contributed by atoms with van der Waals surface area (Å²) in [6.45, 7) is 0. The number of benzene rings is 1. The number of carbonyl (C=O) groups is 1. The predicted octanol–water partition coefficient (Wildman–Crippen LogP) is 2.90. The maximum Gasteiger partial charge on any atom is 0.281 e. The van der Waals surface area contributed by atoms with Gasteiger partial charge in [-0.15, -0.1) is 11.3 Å². The van der Waals surface area contributed by atoms with Gasteiger partial charge in [0.25, 0.3) is 5.91 Å². The molecular formula is C15H12N4OS. The standard InChI is InChI=1S/C15H12N4OS/c20-15(13-7-4-8-21-13)19-17-10-12-9-16-18-14(12)11-5-2-1-3-6-11/h1-10H,(H,16,18)(H,19,20). The van der Waals surface area contributed by atoms with Gasteiger partial charge in [0.05, 0.1) is 23.0 Å². The van der Waals surface area contributed by atoms with Gasteiger partial charge in [0.2, 0.25) is 0 Å². The van der Waals surface area contributed by atoms with Crippen molar-refractivity contribution in [1.82, 2.24) is 15.6 Å². The minimum atomic E-state index is -0.217. The zero-order valence-corrected chi connectivity index (χ0v) is 11.8. The van der Waals surface area contributed by atoms with Crippen molar-refractivity contribution in [3.8, 4) is 11.3 Å². The molecule has 6 heteroatoms. The van der Waals surface area contributed by atoms with Crippen LogP contribution in [-0.2, 0) is 0 Å². The molecule has 0 fully saturated rings. The fraction of sp³-hybridized carbons (Fsp3) is 0. The Morgan fingerprint density at radius 3 is 2.86 bits per heavy atom. The first-order valence-corrected chi connectivity index (χ1v) is 7.18. The molecule has 1 amide bonds. The molecule has 0 spiro atoms. The van der Waals surface area contributed by atoms with Crippen LogP contribution in [0.5, 0.6) is 0 Å². The van der Waals surface area contributed by atoms with Gasteiger partial charge in [-0.1, -0.05) is 36.4 Å². The smallest absolute Gasteiger partial charge is 0.277 e. The van der Waals surface area contributed by atoms with E-state index in [1.807, 2.05) is 41.8 Å². The second-order valence-electron chi connectivity index (χ2n) is 4.24. The Morgan fingerprint density at radius 1 is 1.24 bits per heavy atom. The Morgan fingerprint density at radius 2 is 2.10 bits per heavy atom. The van der Waals surface area contributed by atoms with Crippen molar-refractivity contribution < 1.29 is 4.79 Å². The van der Waals surface area contributed by atoms with Gasteiger partial charge in [0.1, 0.15) is 0 Å². The van der Waals surface area contributed by atoms with E-state index >= 15 is 0 Å². The van der Waals surface area contributed by atoms with Gasteiger partial charge in [0, 0.05) is 11.1 Å². The van der Waals surface area contributed by atoms with Crippen LogP contribution in [0.25, 0.3) is 11.3 Å². The number of hydrazone groups is 1. The van der Waals surface area contributed by atoms with E-state index in [4.69, 9.17) is 0 Å². The molecule has 2 aromatic heterocycles. The minimum absolute atomic E-state index is 0.217. The first-order valence-electron chi connectivity index (χ1n) is 6.30. The monoisotopic (exact) mass is 296 g/mol. The number of H-pyrrole nitrogens is 1. The summed E-state index contributed by atoms with van der Waals surface area (Å²) in [7, 11) is 0. The fourth-order valence-corrected chi connectivity index (χ4v) is 2.47. The van der Waals surface area contributed by atoms with E-state index in [-0.39, 0.29) is 5.91 Å². The third kappa shape index (κ3) is 3.06. The Hall–Kier alpha value is -2.73. The molecule has 0 radical (unpaired) electrons. The number of thiophene rings is 1. The normalized spacial score (nSPS) is 10.9. The van der Waals surface area contributed by atoms with Crippen molar-refractivity contribution in [2.75, 3.05) is 0 Å². The molecule has 104 valence electrons. The molecule has 5 nitrogen and oxygen atoms in total. The highest BCUT2D eigenvalue weighted by Crippen LogP contribution is 2.18. The van der Waals surface area contributed by atoms with Gasteiger partial charge in [-0.2, -0.15) is 10.2 Å². The van der Waals surface area contributed by atoms with E-state index in [2.05, 4.69) is 20.7 Å². The average molecular weight is 296 g/mol. The van der Waals surface area contributed by atoms with Gasteiger partial charge >= 0.3 is 0 Å². The van der Waals surface area contributed by atoms with Crippen LogP contribution in [0, 0.1) is 0 Å². The van der Waals surface area contributed by atoms with E-state index in [1.165, 1.54) is 11.3 Å². The second kappa shape index (κ2) is 6.15. The molecule has 1 aromatic carbocycles. The maximum atomic E-state index is 11.8. The summed E-state index contributed by atoms with van der Waals surface area (Å²) in [4.78, 5) is 12.4. The van der Waals surface area contributed by atoms with Crippen LogP contribution in [0.3, 0.4) is 0 Å². The van der Waals surface area contributed by atoms with Crippen LogP contribution >= 0.6 is 11.3 Å². The topological polar surface area (TPSA) is 70.1 Å². The fourth-order valence-electron chi connectivity index (χ4n) is 1.85. The summed E-state index contributed by atoms with van der Waals surface area (Å²) in [6.07, 6.45) is 3.25. The quantitative estimate of drug-likeness (QED) is 0.574. The molecule has 0 aliphatic carbocycles. The van der Waals surface area contributed by atoms with E-state index in [9.17, 15) is 4.79 Å². The lowest BCUT2D eigenvalue weighted by atomic mass is 10.1.